The number of aliphatic hydroxyl groups excluding tert-OH is 1. The smallest absolute Gasteiger partial charge is 0.341 e. The zero-order valence-electron chi connectivity index (χ0n) is 13.3. The van der Waals surface area contributed by atoms with Crippen LogP contribution in [0.1, 0.15) is 42.4 Å². The van der Waals surface area contributed by atoms with E-state index < -0.39 is 16.8 Å². The first-order chi connectivity index (χ1) is 11.3. The van der Waals surface area contributed by atoms with Crippen molar-refractivity contribution in [2.75, 3.05) is 6.61 Å². The standard InChI is InChI=1S/C17H18ClNO5/c1-8(2)13-7-24-16-5-15(21)11(18)3-9(16)12-4-14(20)10(17(22)23)6-19(12)13/h4-6,8,11,13,21H,3,7H2,1-2H3,(H,22,23)/t11-,13?/m1/s1. The number of aromatic carboxylic acids is 1. The molecule has 3 rings (SSSR count). The molecule has 24 heavy (non-hydrogen) atoms. The van der Waals surface area contributed by atoms with Crippen molar-refractivity contribution in [3.8, 4) is 0 Å². The van der Waals surface area contributed by atoms with Gasteiger partial charge in [0.15, 0.2) is 5.43 Å². The highest BCUT2D eigenvalue weighted by Crippen LogP contribution is 2.38. The average Bonchev–Trinajstić information content (AvgIpc) is 2.64. The number of carbonyl (C=O) groups is 1. The summed E-state index contributed by atoms with van der Waals surface area (Å²) in [5, 5.41) is 18.5. The number of hydrogen-bond acceptors (Lipinski definition) is 4. The SMILES string of the molecule is CC(C)C1COC2=C(C[C@@H](Cl)C(O)=C2)c2cc(=O)c(C(=O)O)cn21. The summed E-state index contributed by atoms with van der Waals surface area (Å²) in [6.45, 7) is 4.30. The van der Waals surface area contributed by atoms with Crippen LogP contribution in [0.2, 0.25) is 0 Å². The minimum absolute atomic E-state index is 0.0227. The maximum Gasteiger partial charge on any atom is 0.341 e. The van der Waals surface area contributed by atoms with E-state index in [0.717, 1.165) is 0 Å². The van der Waals surface area contributed by atoms with Crippen molar-refractivity contribution in [1.29, 1.82) is 0 Å². The number of hydrogen-bond donors (Lipinski definition) is 2. The Balaban J connectivity index is 2.27. The molecule has 1 unspecified atom stereocenters. The van der Waals surface area contributed by atoms with Crippen molar-refractivity contribution in [1.82, 2.24) is 4.57 Å². The maximum absolute atomic E-state index is 12.2. The molecule has 0 aromatic carbocycles. The Bertz CT molecular complexity index is 821. The third kappa shape index (κ3) is 2.71. The summed E-state index contributed by atoms with van der Waals surface area (Å²) >= 11 is 6.14. The zero-order chi connectivity index (χ0) is 17.6. The molecule has 128 valence electrons. The number of ether oxygens (including phenoxy) is 1. The summed E-state index contributed by atoms with van der Waals surface area (Å²) in [5.74, 6) is -0.606. The molecular weight excluding hydrogens is 334 g/mol. The molecule has 1 aromatic rings. The third-order valence-electron chi connectivity index (χ3n) is 4.44. The fourth-order valence-corrected chi connectivity index (χ4v) is 3.27. The predicted molar refractivity (Wildman–Crippen MR) is 89.4 cm³/mol. The summed E-state index contributed by atoms with van der Waals surface area (Å²) in [6, 6.07) is 1.18. The molecule has 2 aliphatic rings. The number of alkyl halides is 1. The van der Waals surface area contributed by atoms with Gasteiger partial charge in [-0.2, -0.15) is 0 Å². The van der Waals surface area contributed by atoms with E-state index in [1.165, 1.54) is 18.3 Å². The number of carboxylic acid groups (broad SMARTS) is 1. The van der Waals surface area contributed by atoms with Crippen molar-refractivity contribution in [2.24, 2.45) is 5.92 Å². The Morgan fingerprint density at radius 1 is 1.46 bits per heavy atom. The second-order valence-corrected chi connectivity index (χ2v) is 6.88. The Labute approximate surface area is 143 Å². The number of pyridine rings is 1. The zero-order valence-corrected chi connectivity index (χ0v) is 14.1. The van der Waals surface area contributed by atoms with Gasteiger partial charge in [-0.15, -0.1) is 11.6 Å². The number of fused-ring (bicyclic) bond motifs is 2. The molecule has 1 aliphatic heterocycles. The third-order valence-corrected chi connectivity index (χ3v) is 4.81. The highest BCUT2D eigenvalue weighted by Gasteiger charge is 2.31. The number of allylic oxidation sites excluding steroid dienone is 3. The topological polar surface area (TPSA) is 88.8 Å². The van der Waals surface area contributed by atoms with Crippen molar-refractivity contribution in [3.05, 3.63) is 51.3 Å². The summed E-state index contributed by atoms with van der Waals surface area (Å²) in [4.78, 5) is 23.5. The van der Waals surface area contributed by atoms with E-state index in [1.54, 1.807) is 4.57 Å². The normalized spacial score (nSPS) is 23.1. The van der Waals surface area contributed by atoms with Gasteiger partial charge >= 0.3 is 5.97 Å². The van der Waals surface area contributed by atoms with Crippen LogP contribution in [0.5, 0.6) is 0 Å². The lowest BCUT2D eigenvalue weighted by atomic mass is 9.96. The highest BCUT2D eigenvalue weighted by atomic mass is 35.5. The average molecular weight is 352 g/mol. The molecule has 0 bridgehead atoms. The lowest BCUT2D eigenvalue weighted by Crippen LogP contribution is -2.26. The number of rotatable bonds is 2. The Morgan fingerprint density at radius 2 is 2.17 bits per heavy atom. The largest absolute Gasteiger partial charge is 0.511 e. The molecule has 2 N–H and O–H groups in total. The number of nitrogens with zero attached hydrogens (tertiary/aromatic N) is 1. The van der Waals surface area contributed by atoms with Gasteiger partial charge in [0.2, 0.25) is 0 Å². The van der Waals surface area contributed by atoms with Crippen LogP contribution >= 0.6 is 11.6 Å². The molecular formula is C17H18ClNO5. The van der Waals surface area contributed by atoms with Crippen LogP contribution in [0.15, 0.2) is 34.7 Å². The summed E-state index contributed by atoms with van der Waals surface area (Å²) in [7, 11) is 0. The number of halogens is 1. The van der Waals surface area contributed by atoms with E-state index in [2.05, 4.69) is 0 Å². The first kappa shape index (κ1) is 16.6. The Morgan fingerprint density at radius 3 is 2.79 bits per heavy atom. The van der Waals surface area contributed by atoms with Gasteiger partial charge in [0.1, 0.15) is 23.7 Å². The fraction of sp³-hybridized carbons (Fsp3) is 0.412. The Kier molecular flexibility index (Phi) is 4.17. The second-order valence-electron chi connectivity index (χ2n) is 6.36. The van der Waals surface area contributed by atoms with E-state index >= 15 is 0 Å². The quantitative estimate of drug-likeness (QED) is 0.800. The summed E-state index contributed by atoms with van der Waals surface area (Å²) < 4.78 is 7.63. The van der Waals surface area contributed by atoms with Gasteiger partial charge in [-0.25, -0.2) is 4.79 Å². The van der Waals surface area contributed by atoms with Crippen LogP contribution in [0.3, 0.4) is 0 Å². The molecule has 6 nitrogen and oxygen atoms in total. The van der Waals surface area contributed by atoms with Crippen LogP contribution in [0.4, 0.5) is 0 Å². The number of carboxylic acids is 1. The molecule has 0 saturated heterocycles. The van der Waals surface area contributed by atoms with Crippen LogP contribution in [0, 0.1) is 5.92 Å². The fourth-order valence-electron chi connectivity index (χ4n) is 3.05. The van der Waals surface area contributed by atoms with Crippen molar-refractivity contribution < 1.29 is 19.7 Å². The molecule has 2 atom stereocenters. The van der Waals surface area contributed by atoms with Crippen LogP contribution < -0.4 is 5.43 Å². The highest BCUT2D eigenvalue weighted by molar-refractivity contribution is 6.23. The summed E-state index contributed by atoms with van der Waals surface area (Å²) in [6.07, 6.45) is 3.15. The van der Waals surface area contributed by atoms with Crippen LogP contribution in [0.25, 0.3) is 5.57 Å². The van der Waals surface area contributed by atoms with Gasteiger partial charge < -0.3 is 19.5 Å². The van der Waals surface area contributed by atoms with Crippen LogP contribution in [-0.4, -0.2) is 32.7 Å². The maximum atomic E-state index is 12.2. The van der Waals surface area contributed by atoms with E-state index in [-0.39, 0.29) is 23.3 Å². The molecule has 0 saturated carbocycles. The lowest BCUT2D eigenvalue weighted by molar-refractivity contribution is 0.0693. The minimum atomic E-state index is -1.26. The summed E-state index contributed by atoms with van der Waals surface area (Å²) in [5.41, 5.74) is 0.454. The van der Waals surface area contributed by atoms with Crippen molar-refractivity contribution in [3.63, 3.8) is 0 Å². The molecule has 0 radical (unpaired) electrons. The number of aliphatic hydroxyl groups is 1. The molecule has 0 amide bonds. The molecule has 1 aliphatic carbocycles. The van der Waals surface area contributed by atoms with E-state index in [1.807, 2.05) is 13.8 Å². The molecule has 7 heteroatoms. The van der Waals surface area contributed by atoms with Gasteiger partial charge in [0, 0.05) is 30.3 Å². The van der Waals surface area contributed by atoms with Crippen molar-refractivity contribution in [2.45, 2.75) is 31.7 Å². The van der Waals surface area contributed by atoms with E-state index in [0.29, 0.717) is 30.1 Å². The molecule has 1 aromatic heterocycles. The predicted octanol–water partition coefficient (Wildman–Crippen LogP) is 2.94. The first-order valence-corrected chi connectivity index (χ1v) is 8.13. The monoisotopic (exact) mass is 351 g/mol. The van der Waals surface area contributed by atoms with Gasteiger partial charge in [-0.3, -0.25) is 4.79 Å². The molecule has 0 fully saturated rings. The number of aromatic nitrogens is 1. The van der Waals surface area contributed by atoms with E-state index in [4.69, 9.17) is 16.3 Å². The van der Waals surface area contributed by atoms with Gasteiger partial charge in [0.25, 0.3) is 0 Å². The Hall–Kier alpha value is -2.21. The molecule has 2 heterocycles. The molecule has 0 spiro atoms. The van der Waals surface area contributed by atoms with Crippen LogP contribution in [-0.2, 0) is 4.74 Å². The second kappa shape index (κ2) is 6.02. The minimum Gasteiger partial charge on any atom is -0.511 e. The van der Waals surface area contributed by atoms with Gasteiger partial charge in [0.05, 0.1) is 17.1 Å². The first-order valence-electron chi connectivity index (χ1n) is 7.70. The van der Waals surface area contributed by atoms with Crippen molar-refractivity contribution >= 4 is 23.1 Å². The van der Waals surface area contributed by atoms with E-state index in [9.17, 15) is 19.8 Å². The van der Waals surface area contributed by atoms with Gasteiger partial charge in [-0.1, -0.05) is 13.8 Å². The van der Waals surface area contributed by atoms with Gasteiger partial charge in [-0.05, 0) is 5.92 Å². The lowest BCUT2D eigenvalue weighted by Gasteiger charge is -2.25.